The van der Waals surface area contributed by atoms with Gasteiger partial charge in [-0.15, -0.1) is 0 Å². The first-order valence-electron chi connectivity index (χ1n) is 8.57. The lowest BCUT2D eigenvalue weighted by atomic mass is 10.0. The van der Waals surface area contributed by atoms with Crippen LogP contribution in [0.5, 0.6) is 11.5 Å². The lowest BCUT2D eigenvalue weighted by molar-refractivity contribution is 0.355. The monoisotopic (exact) mass is 393 g/mol. The summed E-state index contributed by atoms with van der Waals surface area (Å²) < 4.78 is 22.3. The van der Waals surface area contributed by atoms with Crippen molar-refractivity contribution in [1.29, 1.82) is 0 Å². The molecule has 2 aromatic carbocycles. The van der Waals surface area contributed by atoms with Crippen LogP contribution in [-0.2, 0) is 11.0 Å². The Hall–Kier alpha value is -3.16. The number of hydrogen-bond donors (Lipinski definition) is 2. The SMILES string of the molecule is COc1ccc(-c2cnc3[nH]cc(-c4cccc(S(N)=O)c4)c3c2)cc1OC. The average Bonchev–Trinajstić information content (AvgIpc) is 3.16. The van der Waals surface area contributed by atoms with Gasteiger partial charge in [0.2, 0.25) is 0 Å². The Bertz CT molecular complexity index is 1190. The van der Waals surface area contributed by atoms with Gasteiger partial charge < -0.3 is 14.5 Å². The van der Waals surface area contributed by atoms with Gasteiger partial charge in [0.15, 0.2) is 11.5 Å². The second kappa shape index (κ2) is 7.46. The number of aromatic nitrogens is 2. The Morgan fingerprint density at radius 1 is 0.964 bits per heavy atom. The molecular weight excluding hydrogens is 374 g/mol. The number of nitrogens with one attached hydrogen (secondary N) is 1. The molecule has 0 saturated carbocycles. The summed E-state index contributed by atoms with van der Waals surface area (Å²) in [4.78, 5) is 8.32. The van der Waals surface area contributed by atoms with Crippen molar-refractivity contribution in [2.75, 3.05) is 14.2 Å². The highest BCUT2D eigenvalue weighted by Gasteiger charge is 2.12. The number of ether oxygens (including phenoxy) is 2. The minimum atomic E-state index is -1.53. The van der Waals surface area contributed by atoms with E-state index >= 15 is 0 Å². The van der Waals surface area contributed by atoms with Crippen molar-refractivity contribution in [2.45, 2.75) is 4.90 Å². The third-order valence-corrected chi connectivity index (χ3v) is 5.34. The van der Waals surface area contributed by atoms with Gasteiger partial charge in [-0.2, -0.15) is 0 Å². The number of nitrogens with zero attached hydrogens (tertiary/aromatic N) is 1. The van der Waals surface area contributed by atoms with E-state index in [1.54, 1.807) is 20.3 Å². The van der Waals surface area contributed by atoms with Gasteiger partial charge in [-0.25, -0.2) is 14.3 Å². The first-order chi connectivity index (χ1) is 13.6. The summed E-state index contributed by atoms with van der Waals surface area (Å²) in [7, 11) is 1.70. The van der Waals surface area contributed by atoms with Crippen molar-refractivity contribution in [3.63, 3.8) is 0 Å². The van der Waals surface area contributed by atoms with Crippen LogP contribution in [0.2, 0.25) is 0 Å². The van der Waals surface area contributed by atoms with Gasteiger partial charge in [0.25, 0.3) is 0 Å². The quantitative estimate of drug-likeness (QED) is 0.538. The van der Waals surface area contributed by atoms with Crippen molar-refractivity contribution >= 4 is 22.0 Å². The number of fused-ring (bicyclic) bond motifs is 1. The standard InChI is InChI=1S/C21H19N3O3S/c1-26-19-7-6-13(10-20(19)27-2)15-9-17-18(12-24-21(17)23-11-15)14-4-3-5-16(8-14)28(22)25/h3-12H,22H2,1-2H3,(H,23,24). The van der Waals surface area contributed by atoms with Gasteiger partial charge in [0, 0.05) is 28.9 Å². The van der Waals surface area contributed by atoms with Crippen LogP contribution in [0.15, 0.2) is 65.8 Å². The van der Waals surface area contributed by atoms with Crippen molar-refractivity contribution in [2.24, 2.45) is 5.14 Å². The van der Waals surface area contributed by atoms with Gasteiger partial charge in [0.05, 0.1) is 19.1 Å². The molecule has 4 aromatic rings. The van der Waals surface area contributed by atoms with Gasteiger partial charge >= 0.3 is 0 Å². The van der Waals surface area contributed by atoms with Crippen LogP contribution >= 0.6 is 0 Å². The van der Waals surface area contributed by atoms with Crippen LogP contribution in [0.25, 0.3) is 33.3 Å². The molecule has 0 fully saturated rings. The summed E-state index contributed by atoms with van der Waals surface area (Å²) in [6, 6.07) is 15.2. The molecule has 0 radical (unpaired) electrons. The third-order valence-electron chi connectivity index (χ3n) is 4.63. The molecule has 0 aliphatic rings. The molecule has 4 rings (SSSR count). The predicted molar refractivity (Wildman–Crippen MR) is 111 cm³/mol. The summed E-state index contributed by atoms with van der Waals surface area (Å²) in [5.74, 6) is 1.33. The topological polar surface area (TPSA) is 90.2 Å². The second-order valence-corrected chi connectivity index (χ2v) is 7.28. The van der Waals surface area contributed by atoms with Crippen LogP contribution < -0.4 is 14.6 Å². The van der Waals surface area contributed by atoms with E-state index < -0.39 is 11.0 Å². The highest BCUT2D eigenvalue weighted by molar-refractivity contribution is 7.82. The smallest absolute Gasteiger partial charge is 0.161 e. The number of hydrogen-bond acceptors (Lipinski definition) is 4. The third kappa shape index (κ3) is 3.26. The summed E-state index contributed by atoms with van der Waals surface area (Å²) in [6.07, 6.45) is 3.71. The maximum Gasteiger partial charge on any atom is 0.161 e. The molecule has 0 saturated heterocycles. The number of benzene rings is 2. The van der Waals surface area contributed by atoms with E-state index in [0.29, 0.717) is 16.4 Å². The highest BCUT2D eigenvalue weighted by Crippen LogP contribution is 2.35. The minimum absolute atomic E-state index is 0.579. The summed E-state index contributed by atoms with van der Waals surface area (Å²) >= 11 is 0. The van der Waals surface area contributed by atoms with E-state index in [1.165, 1.54) is 0 Å². The largest absolute Gasteiger partial charge is 0.493 e. The second-order valence-electron chi connectivity index (χ2n) is 6.22. The molecule has 142 valence electrons. The maximum absolute atomic E-state index is 11.6. The number of rotatable bonds is 5. The van der Waals surface area contributed by atoms with Crippen LogP contribution in [0.3, 0.4) is 0 Å². The summed E-state index contributed by atoms with van der Waals surface area (Å²) in [6.45, 7) is 0. The fraction of sp³-hybridized carbons (Fsp3) is 0.0952. The molecule has 1 atom stereocenters. The van der Waals surface area contributed by atoms with E-state index in [0.717, 1.165) is 33.3 Å². The van der Waals surface area contributed by atoms with Gasteiger partial charge in [-0.3, -0.25) is 0 Å². The van der Waals surface area contributed by atoms with Crippen molar-refractivity contribution < 1.29 is 13.7 Å². The predicted octanol–water partition coefficient (Wildman–Crippen LogP) is 3.90. The normalized spacial score (nSPS) is 12.1. The molecule has 0 bridgehead atoms. The van der Waals surface area contributed by atoms with E-state index in [9.17, 15) is 4.21 Å². The summed E-state index contributed by atoms with van der Waals surface area (Å²) in [5.41, 5.74) is 4.59. The van der Waals surface area contributed by atoms with E-state index in [2.05, 4.69) is 16.0 Å². The molecule has 2 aromatic heterocycles. The Kier molecular flexibility index (Phi) is 4.85. The van der Waals surface area contributed by atoms with Crippen LogP contribution in [0, 0.1) is 0 Å². The molecule has 0 aliphatic carbocycles. The lowest BCUT2D eigenvalue weighted by Gasteiger charge is -2.10. The van der Waals surface area contributed by atoms with Crippen LogP contribution in [0.1, 0.15) is 0 Å². The zero-order valence-electron chi connectivity index (χ0n) is 15.4. The summed E-state index contributed by atoms with van der Waals surface area (Å²) in [5, 5.41) is 6.49. The molecule has 28 heavy (non-hydrogen) atoms. The maximum atomic E-state index is 11.6. The number of H-pyrrole nitrogens is 1. The Morgan fingerprint density at radius 3 is 2.54 bits per heavy atom. The number of pyridine rings is 1. The van der Waals surface area contributed by atoms with E-state index in [4.69, 9.17) is 14.6 Å². The van der Waals surface area contributed by atoms with Gasteiger partial charge in [-0.1, -0.05) is 18.2 Å². The molecule has 6 nitrogen and oxygen atoms in total. The Labute approximate surface area is 164 Å². The molecule has 0 spiro atoms. The Morgan fingerprint density at radius 2 is 1.79 bits per heavy atom. The van der Waals surface area contributed by atoms with E-state index in [1.807, 2.05) is 48.8 Å². The Balaban J connectivity index is 1.83. The number of aromatic amines is 1. The lowest BCUT2D eigenvalue weighted by Crippen LogP contribution is -2.02. The number of nitrogens with two attached hydrogens (primary N) is 1. The molecule has 0 aliphatic heterocycles. The fourth-order valence-electron chi connectivity index (χ4n) is 3.20. The minimum Gasteiger partial charge on any atom is -0.493 e. The molecule has 0 amide bonds. The first-order valence-corrected chi connectivity index (χ1v) is 9.78. The molecule has 2 heterocycles. The van der Waals surface area contributed by atoms with Crippen molar-refractivity contribution in [3.05, 3.63) is 60.9 Å². The first kappa shape index (κ1) is 18.2. The molecule has 1 unspecified atom stereocenters. The average molecular weight is 393 g/mol. The fourth-order valence-corrected chi connectivity index (χ4v) is 3.66. The van der Waals surface area contributed by atoms with Crippen molar-refractivity contribution in [1.82, 2.24) is 9.97 Å². The molecular formula is C21H19N3O3S. The molecule has 7 heteroatoms. The zero-order valence-corrected chi connectivity index (χ0v) is 16.2. The van der Waals surface area contributed by atoms with Gasteiger partial charge in [0.1, 0.15) is 16.6 Å². The van der Waals surface area contributed by atoms with Gasteiger partial charge in [-0.05, 0) is 41.5 Å². The van der Waals surface area contributed by atoms with Crippen LogP contribution in [0.4, 0.5) is 0 Å². The van der Waals surface area contributed by atoms with E-state index in [-0.39, 0.29) is 0 Å². The van der Waals surface area contributed by atoms with Crippen LogP contribution in [-0.4, -0.2) is 28.4 Å². The highest BCUT2D eigenvalue weighted by atomic mass is 32.2. The number of methoxy groups -OCH3 is 2. The molecule has 3 N–H and O–H groups in total. The zero-order chi connectivity index (χ0) is 19.7. The van der Waals surface area contributed by atoms with Crippen molar-refractivity contribution in [3.8, 4) is 33.8 Å².